The molecule has 1 saturated heterocycles. The second-order valence-corrected chi connectivity index (χ2v) is 8.54. The molecular weight excluding hydrogens is 370 g/mol. The molecule has 1 N–H and O–H groups in total. The van der Waals surface area contributed by atoms with Gasteiger partial charge in [0.05, 0.1) is 5.92 Å². The molecule has 122 valence electrons. The lowest BCUT2D eigenvalue weighted by Crippen LogP contribution is -2.47. The summed E-state index contributed by atoms with van der Waals surface area (Å²) < 4.78 is 27.8. The van der Waals surface area contributed by atoms with E-state index in [-0.39, 0.29) is 18.4 Å². The lowest BCUT2D eigenvalue weighted by atomic mass is 9.99. The number of amides is 1. The molecule has 0 radical (unpaired) electrons. The van der Waals surface area contributed by atoms with Gasteiger partial charge in [-0.1, -0.05) is 22.0 Å². The summed E-state index contributed by atoms with van der Waals surface area (Å²) in [5.74, 6) is -0.473. The summed E-state index contributed by atoms with van der Waals surface area (Å²) in [7, 11) is -0.466. The van der Waals surface area contributed by atoms with Crippen molar-refractivity contribution in [3.8, 4) is 0 Å². The number of hydrogen-bond donors (Lipinski definition) is 1. The number of carbonyl (C=O) groups excluding carboxylic acids is 1. The zero-order valence-corrected chi connectivity index (χ0v) is 15.0. The summed E-state index contributed by atoms with van der Waals surface area (Å²) in [4.78, 5) is 12.4. The van der Waals surface area contributed by atoms with Crippen LogP contribution in [-0.2, 0) is 15.0 Å². The summed E-state index contributed by atoms with van der Waals surface area (Å²) in [6.45, 7) is 0.682. The Hall–Kier alpha value is -0.960. The van der Waals surface area contributed by atoms with Crippen LogP contribution in [0.2, 0.25) is 0 Å². The van der Waals surface area contributed by atoms with Crippen molar-refractivity contribution in [1.82, 2.24) is 8.61 Å². The van der Waals surface area contributed by atoms with E-state index in [1.54, 1.807) is 6.07 Å². The molecule has 0 aromatic heterocycles. The van der Waals surface area contributed by atoms with E-state index >= 15 is 0 Å². The van der Waals surface area contributed by atoms with Crippen LogP contribution in [0.5, 0.6) is 0 Å². The predicted molar refractivity (Wildman–Crippen MR) is 89.7 cm³/mol. The third kappa shape index (κ3) is 4.07. The van der Waals surface area contributed by atoms with Gasteiger partial charge in [0, 0.05) is 37.3 Å². The molecule has 1 aromatic carbocycles. The first-order chi connectivity index (χ1) is 10.3. The number of anilines is 1. The highest BCUT2D eigenvalue weighted by atomic mass is 79.9. The van der Waals surface area contributed by atoms with Crippen LogP contribution in [0.4, 0.5) is 5.69 Å². The van der Waals surface area contributed by atoms with Crippen LogP contribution < -0.4 is 5.32 Å². The molecule has 0 aliphatic carbocycles. The molecule has 6 nitrogen and oxygen atoms in total. The zero-order valence-electron chi connectivity index (χ0n) is 12.6. The molecule has 0 unspecified atom stereocenters. The maximum absolute atomic E-state index is 12.4. The Morgan fingerprint density at radius 2 is 2.14 bits per heavy atom. The third-order valence-corrected chi connectivity index (χ3v) is 6.04. The van der Waals surface area contributed by atoms with Crippen LogP contribution >= 0.6 is 15.9 Å². The number of carbonyl (C=O) groups is 1. The highest BCUT2D eigenvalue weighted by Crippen LogP contribution is 2.22. The monoisotopic (exact) mass is 389 g/mol. The minimum Gasteiger partial charge on any atom is -0.326 e. The molecule has 1 fully saturated rings. The zero-order chi connectivity index (χ0) is 16.3. The maximum atomic E-state index is 12.4. The van der Waals surface area contributed by atoms with Crippen LogP contribution in [0.1, 0.15) is 12.8 Å². The summed E-state index contributed by atoms with van der Waals surface area (Å²) >= 11 is 3.36. The van der Waals surface area contributed by atoms with Crippen LogP contribution in [0.25, 0.3) is 0 Å². The number of halogens is 1. The highest BCUT2D eigenvalue weighted by molar-refractivity contribution is 9.10. The highest BCUT2D eigenvalue weighted by Gasteiger charge is 2.33. The normalized spacial score (nSPS) is 20.1. The minimum atomic E-state index is -3.47. The van der Waals surface area contributed by atoms with Crippen molar-refractivity contribution >= 4 is 37.7 Å². The maximum Gasteiger partial charge on any atom is 0.281 e. The molecule has 1 amide bonds. The summed E-state index contributed by atoms with van der Waals surface area (Å²) in [5, 5.41) is 2.85. The second kappa shape index (κ2) is 7.08. The Balaban J connectivity index is 2.04. The smallest absolute Gasteiger partial charge is 0.281 e. The van der Waals surface area contributed by atoms with E-state index in [1.165, 1.54) is 22.7 Å². The van der Waals surface area contributed by atoms with Crippen molar-refractivity contribution in [3.05, 3.63) is 28.7 Å². The molecule has 0 bridgehead atoms. The lowest BCUT2D eigenvalue weighted by Gasteiger charge is -2.32. The van der Waals surface area contributed by atoms with Crippen LogP contribution in [-0.4, -0.2) is 50.1 Å². The lowest BCUT2D eigenvalue weighted by molar-refractivity contribution is -0.120. The summed E-state index contributed by atoms with van der Waals surface area (Å²) in [5.41, 5.74) is 0.701. The molecule has 2 rings (SSSR count). The Morgan fingerprint density at radius 1 is 1.41 bits per heavy atom. The Morgan fingerprint density at radius 3 is 2.77 bits per heavy atom. The van der Waals surface area contributed by atoms with Gasteiger partial charge in [-0.25, -0.2) is 0 Å². The average Bonchev–Trinajstić information content (AvgIpc) is 2.47. The van der Waals surface area contributed by atoms with Gasteiger partial charge in [-0.05, 0) is 31.0 Å². The van der Waals surface area contributed by atoms with E-state index in [0.717, 1.165) is 4.47 Å². The molecule has 0 spiro atoms. The molecule has 1 aliphatic rings. The Kier molecular flexibility index (Phi) is 5.60. The van der Waals surface area contributed by atoms with Gasteiger partial charge in [0.2, 0.25) is 5.91 Å². The number of hydrogen-bond acceptors (Lipinski definition) is 3. The first-order valence-corrected chi connectivity index (χ1v) is 9.23. The first-order valence-electron chi connectivity index (χ1n) is 7.05. The van der Waals surface area contributed by atoms with Gasteiger partial charge in [-0.2, -0.15) is 17.0 Å². The molecule has 8 heteroatoms. The van der Waals surface area contributed by atoms with Crippen molar-refractivity contribution < 1.29 is 13.2 Å². The molecule has 22 heavy (non-hydrogen) atoms. The van der Waals surface area contributed by atoms with Crippen molar-refractivity contribution in [2.24, 2.45) is 5.92 Å². The number of rotatable bonds is 4. The number of nitrogens with zero attached hydrogens (tertiary/aromatic N) is 2. The molecule has 1 aromatic rings. The molecular formula is C14H20BrN3O3S. The van der Waals surface area contributed by atoms with Gasteiger partial charge in [0.15, 0.2) is 0 Å². The largest absolute Gasteiger partial charge is 0.326 e. The van der Waals surface area contributed by atoms with Crippen molar-refractivity contribution in [1.29, 1.82) is 0 Å². The van der Waals surface area contributed by atoms with E-state index in [0.29, 0.717) is 25.1 Å². The van der Waals surface area contributed by atoms with E-state index in [9.17, 15) is 13.2 Å². The van der Waals surface area contributed by atoms with Crippen molar-refractivity contribution in [2.45, 2.75) is 12.8 Å². The summed E-state index contributed by atoms with van der Waals surface area (Å²) in [6.07, 6.45) is 1.38. The van der Waals surface area contributed by atoms with Gasteiger partial charge in [0.1, 0.15) is 0 Å². The molecule has 1 heterocycles. The SMILES string of the molecule is CN(C)S(=O)(=O)N1CCC[C@H](C(=O)Nc2cccc(Br)c2)C1. The standard InChI is InChI=1S/C14H20BrN3O3S/c1-17(2)22(20,21)18-8-4-5-11(10-18)14(19)16-13-7-3-6-12(15)9-13/h3,6-7,9,11H,4-5,8,10H2,1-2H3,(H,16,19)/t11-/m0/s1. The van der Waals surface area contributed by atoms with Gasteiger partial charge >= 0.3 is 0 Å². The van der Waals surface area contributed by atoms with E-state index < -0.39 is 10.2 Å². The fourth-order valence-electron chi connectivity index (χ4n) is 2.41. The van der Waals surface area contributed by atoms with Gasteiger partial charge in [-0.3, -0.25) is 4.79 Å². The van der Waals surface area contributed by atoms with Crippen molar-refractivity contribution in [2.75, 3.05) is 32.5 Å². The first kappa shape index (κ1) is 17.4. The second-order valence-electron chi connectivity index (χ2n) is 5.49. The van der Waals surface area contributed by atoms with Crippen molar-refractivity contribution in [3.63, 3.8) is 0 Å². The molecule has 1 aliphatic heterocycles. The van der Waals surface area contributed by atoms with E-state index in [1.807, 2.05) is 18.2 Å². The molecule has 1 atom stereocenters. The van der Waals surface area contributed by atoms with Crippen LogP contribution in [0, 0.1) is 5.92 Å². The van der Waals surface area contributed by atoms with E-state index in [2.05, 4.69) is 21.2 Å². The Labute approximate surface area is 139 Å². The van der Waals surface area contributed by atoms with Gasteiger partial charge in [-0.15, -0.1) is 0 Å². The quantitative estimate of drug-likeness (QED) is 0.854. The van der Waals surface area contributed by atoms with Gasteiger partial charge in [0.25, 0.3) is 10.2 Å². The van der Waals surface area contributed by atoms with Gasteiger partial charge < -0.3 is 5.32 Å². The fraction of sp³-hybridized carbons (Fsp3) is 0.500. The predicted octanol–water partition coefficient (Wildman–Crippen LogP) is 1.91. The number of benzene rings is 1. The Bertz CT molecular complexity index is 648. The topological polar surface area (TPSA) is 69.7 Å². The van der Waals surface area contributed by atoms with Crippen LogP contribution in [0.15, 0.2) is 28.7 Å². The summed E-state index contributed by atoms with van der Waals surface area (Å²) in [6, 6.07) is 7.33. The van der Waals surface area contributed by atoms with E-state index in [4.69, 9.17) is 0 Å². The number of nitrogens with one attached hydrogen (secondary N) is 1. The van der Waals surface area contributed by atoms with Crippen LogP contribution in [0.3, 0.4) is 0 Å². The third-order valence-electron chi connectivity index (χ3n) is 3.63. The molecule has 0 saturated carbocycles. The minimum absolute atomic E-state index is 0.142. The average molecular weight is 390 g/mol. The number of piperidine rings is 1. The fourth-order valence-corrected chi connectivity index (χ4v) is 4.00.